The summed E-state index contributed by atoms with van der Waals surface area (Å²) >= 11 is 0. The zero-order chi connectivity index (χ0) is 69.5. The Bertz CT molecular complexity index is 4820. The van der Waals surface area contributed by atoms with Crippen LogP contribution in [-0.4, -0.2) is 24.1 Å². The minimum absolute atomic E-state index is 0.0847. The van der Waals surface area contributed by atoms with E-state index in [-0.39, 0.29) is 43.3 Å². The summed E-state index contributed by atoms with van der Waals surface area (Å²) in [5.41, 5.74) is 23.0. The van der Waals surface area contributed by atoms with Crippen molar-refractivity contribution in [1.82, 2.24) is 24.1 Å². The molecule has 0 amide bonds. The third kappa shape index (κ3) is 12.8. The van der Waals surface area contributed by atoms with Gasteiger partial charge in [0.05, 0.1) is 40.0 Å². The fourth-order valence-corrected chi connectivity index (χ4v) is 13.4. The number of fused-ring (bicyclic) bond motifs is 6. The third-order valence-electron chi connectivity index (χ3n) is 19.8. The van der Waals surface area contributed by atoms with Crippen molar-refractivity contribution in [3.63, 3.8) is 0 Å². The first kappa shape index (κ1) is 67.1. The molecule has 12 rings (SSSR count). The highest BCUT2D eigenvalue weighted by atomic mass is 15.0. The van der Waals surface area contributed by atoms with Gasteiger partial charge < -0.3 is 9.13 Å². The standard InChI is InChI=1S/C90H100N6/c1-83(2,3)59-31-37-75-70(50-59)71-51-60(84(4,5)6)32-38-76(71)95(75)74-36-30-56(80-92-81(57-41-63(87(13,14)15)48-64(42-57)88(16,17)18)94-82(93-80)58-43-65(89(19,20)21)49-66(44-58)90(22,23)24)46-69(74)68-35-29-55(54-27-26-28-67(45-54)91-25)47-79(68)96-77-39-33-61(85(7,8)9)52-72(77)73-53-62(86(10,11)12)34-40-78(73)96/h26-53H,1-24H3. The molecule has 0 aliphatic heterocycles. The number of benzene rings is 9. The molecule has 0 N–H and O–H groups in total. The van der Waals surface area contributed by atoms with E-state index in [4.69, 9.17) is 21.5 Å². The Morgan fingerprint density at radius 1 is 0.260 bits per heavy atom. The maximum atomic E-state index is 8.15. The molecule has 0 saturated carbocycles. The lowest BCUT2D eigenvalue weighted by Gasteiger charge is -2.26. The molecular formula is C90H100N6. The molecule has 490 valence electrons. The molecule has 6 heteroatoms. The van der Waals surface area contributed by atoms with E-state index in [0.717, 1.165) is 72.4 Å². The third-order valence-corrected chi connectivity index (χ3v) is 19.8. The summed E-state index contributed by atoms with van der Waals surface area (Å²) in [6, 6.07) is 64.3. The Labute approximate surface area is 573 Å². The number of aromatic nitrogens is 5. The maximum Gasteiger partial charge on any atom is 0.187 e. The molecule has 0 bridgehead atoms. The van der Waals surface area contributed by atoms with E-state index in [1.165, 1.54) is 66.1 Å². The molecule has 0 fully saturated rings. The van der Waals surface area contributed by atoms with Crippen LogP contribution in [0.4, 0.5) is 5.69 Å². The van der Waals surface area contributed by atoms with Gasteiger partial charge in [-0.3, -0.25) is 0 Å². The fraction of sp³-hybridized carbons (Fsp3) is 0.356. The average Bonchev–Trinajstić information content (AvgIpc) is 1.55. The van der Waals surface area contributed by atoms with Crippen LogP contribution in [-0.2, 0) is 43.3 Å². The first-order valence-electron chi connectivity index (χ1n) is 34.6. The summed E-state index contributed by atoms with van der Waals surface area (Å²) in [7, 11) is 0. The second kappa shape index (κ2) is 23.1. The molecule has 12 aromatic rings. The summed E-state index contributed by atoms with van der Waals surface area (Å²) in [5, 5.41) is 4.84. The van der Waals surface area contributed by atoms with Gasteiger partial charge in [-0.25, -0.2) is 19.8 Å². The molecule has 0 spiro atoms. The van der Waals surface area contributed by atoms with Gasteiger partial charge in [-0.1, -0.05) is 233 Å². The molecule has 0 saturated heterocycles. The molecule has 9 aromatic carbocycles. The molecule has 0 atom stereocenters. The van der Waals surface area contributed by atoms with E-state index in [9.17, 15) is 0 Å². The van der Waals surface area contributed by atoms with Gasteiger partial charge in [0.1, 0.15) is 0 Å². The van der Waals surface area contributed by atoms with Gasteiger partial charge in [0.25, 0.3) is 0 Å². The predicted octanol–water partition coefficient (Wildman–Crippen LogP) is 25.3. The zero-order valence-electron chi connectivity index (χ0n) is 61.8. The number of hydrogen-bond donors (Lipinski definition) is 0. The first-order valence-corrected chi connectivity index (χ1v) is 34.6. The molecular weight excluding hydrogens is 1170 g/mol. The van der Waals surface area contributed by atoms with Gasteiger partial charge in [-0.2, -0.15) is 0 Å². The second-order valence-corrected chi connectivity index (χ2v) is 35.6. The Kier molecular flexibility index (Phi) is 16.2. The van der Waals surface area contributed by atoms with Gasteiger partial charge in [0.2, 0.25) is 0 Å². The van der Waals surface area contributed by atoms with Crippen molar-refractivity contribution in [3.8, 4) is 67.8 Å². The quantitative estimate of drug-likeness (QED) is 0.149. The SMILES string of the molecule is [C-]#[N+]c1cccc(-c2ccc(-c3cc(-c4nc(-c5cc(C(C)(C)C)cc(C(C)(C)C)c5)nc(-c5cc(C(C)(C)C)cc(C(C)(C)C)c5)n4)ccc3-n3c4ccc(C(C)(C)C)cc4c4cc(C(C)(C)C)ccc43)c(-n3c4ccc(C(C)(C)C)cc4c4cc(C(C)(C)C)ccc43)c2)c1. The lowest BCUT2D eigenvalue weighted by Crippen LogP contribution is -2.17. The number of rotatable bonds is 7. The van der Waals surface area contributed by atoms with Crippen molar-refractivity contribution in [2.24, 2.45) is 0 Å². The minimum Gasteiger partial charge on any atom is -0.309 e. The van der Waals surface area contributed by atoms with Crippen LogP contribution in [0, 0.1) is 6.57 Å². The largest absolute Gasteiger partial charge is 0.309 e. The van der Waals surface area contributed by atoms with Crippen LogP contribution >= 0.6 is 0 Å². The molecule has 3 heterocycles. The Hall–Kier alpha value is -8.92. The monoisotopic (exact) mass is 1260 g/mol. The van der Waals surface area contributed by atoms with E-state index in [1.54, 1.807) is 0 Å². The molecule has 96 heavy (non-hydrogen) atoms. The lowest BCUT2D eigenvalue weighted by atomic mass is 9.79. The molecule has 0 aliphatic carbocycles. The Morgan fingerprint density at radius 2 is 0.583 bits per heavy atom. The summed E-state index contributed by atoms with van der Waals surface area (Å²) in [6.07, 6.45) is 0. The first-order chi connectivity index (χ1) is 44.5. The minimum atomic E-state index is -0.148. The van der Waals surface area contributed by atoms with Crippen molar-refractivity contribution in [2.75, 3.05) is 0 Å². The van der Waals surface area contributed by atoms with Crippen LogP contribution in [0.1, 0.15) is 211 Å². The maximum absolute atomic E-state index is 8.15. The van der Waals surface area contributed by atoms with Crippen molar-refractivity contribution < 1.29 is 0 Å². The Balaban J connectivity index is 1.26. The van der Waals surface area contributed by atoms with Gasteiger partial charge in [-0.05, 0) is 202 Å². The highest BCUT2D eigenvalue weighted by Crippen LogP contribution is 2.47. The van der Waals surface area contributed by atoms with Crippen LogP contribution in [0.5, 0.6) is 0 Å². The van der Waals surface area contributed by atoms with Crippen molar-refractivity contribution in [1.29, 1.82) is 0 Å². The van der Waals surface area contributed by atoms with Crippen LogP contribution < -0.4 is 0 Å². The molecule has 0 aliphatic rings. The summed E-state index contributed by atoms with van der Waals surface area (Å²) in [4.78, 5) is 20.9. The van der Waals surface area contributed by atoms with Gasteiger partial charge in [-0.15, -0.1) is 0 Å². The normalized spacial score (nSPS) is 13.2. The van der Waals surface area contributed by atoms with Crippen molar-refractivity contribution in [3.05, 3.63) is 226 Å². The molecule has 3 aromatic heterocycles. The highest BCUT2D eigenvalue weighted by Gasteiger charge is 2.30. The van der Waals surface area contributed by atoms with Gasteiger partial charge in [0, 0.05) is 49.4 Å². The molecule has 6 nitrogen and oxygen atoms in total. The van der Waals surface area contributed by atoms with Gasteiger partial charge in [0.15, 0.2) is 23.2 Å². The van der Waals surface area contributed by atoms with E-state index in [0.29, 0.717) is 23.2 Å². The summed E-state index contributed by atoms with van der Waals surface area (Å²) < 4.78 is 5.02. The van der Waals surface area contributed by atoms with Gasteiger partial charge >= 0.3 is 0 Å². The molecule has 0 radical (unpaired) electrons. The van der Waals surface area contributed by atoms with Crippen LogP contribution in [0.2, 0.25) is 0 Å². The smallest absolute Gasteiger partial charge is 0.187 e. The summed E-state index contributed by atoms with van der Waals surface area (Å²) in [5.74, 6) is 1.84. The van der Waals surface area contributed by atoms with E-state index in [2.05, 4.69) is 332 Å². The second-order valence-electron chi connectivity index (χ2n) is 35.6. The fourth-order valence-electron chi connectivity index (χ4n) is 13.4. The topological polar surface area (TPSA) is 52.9 Å². The van der Waals surface area contributed by atoms with Crippen LogP contribution in [0.3, 0.4) is 0 Å². The van der Waals surface area contributed by atoms with Crippen LogP contribution in [0.15, 0.2) is 170 Å². The van der Waals surface area contributed by atoms with E-state index in [1.807, 2.05) is 18.2 Å². The number of hydrogen-bond acceptors (Lipinski definition) is 3. The lowest BCUT2D eigenvalue weighted by molar-refractivity contribution is 0.568. The predicted molar refractivity (Wildman–Crippen MR) is 412 cm³/mol. The van der Waals surface area contributed by atoms with Crippen molar-refractivity contribution in [2.45, 2.75) is 209 Å². The van der Waals surface area contributed by atoms with E-state index >= 15 is 0 Å². The number of nitrogens with zero attached hydrogens (tertiary/aromatic N) is 6. The average molecular weight is 1270 g/mol. The Morgan fingerprint density at radius 3 is 0.927 bits per heavy atom. The molecule has 0 unspecified atom stereocenters. The summed E-state index contributed by atoms with van der Waals surface area (Å²) in [6.45, 7) is 63.3. The highest BCUT2D eigenvalue weighted by molar-refractivity contribution is 6.12. The van der Waals surface area contributed by atoms with Crippen molar-refractivity contribution >= 4 is 49.3 Å². The zero-order valence-corrected chi connectivity index (χ0v) is 61.8. The van der Waals surface area contributed by atoms with Crippen LogP contribution in [0.25, 0.3) is 116 Å². The van der Waals surface area contributed by atoms with E-state index < -0.39 is 0 Å².